The molecule has 1 amide bonds. The lowest BCUT2D eigenvalue weighted by atomic mass is 10.1. The van der Waals surface area contributed by atoms with Crippen LogP contribution in [0.25, 0.3) is 0 Å². The Bertz CT molecular complexity index is 1170. The number of halogens is 2. The number of hydrogen-bond donors (Lipinski definition) is 1. The second kappa shape index (κ2) is 11.8. The third-order valence-electron chi connectivity index (χ3n) is 7.38. The molecule has 0 spiro atoms. The first-order valence-electron chi connectivity index (χ1n) is 12.4. The summed E-state index contributed by atoms with van der Waals surface area (Å²) in [5.41, 5.74) is 5.57. The van der Waals surface area contributed by atoms with Crippen LogP contribution in [-0.2, 0) is 11.3 Å². The Hall–Kier alpha value is -2.74. The van der Waals surface area contributed by atoms with E-state index in [-0.39, 0.29) is 27.6 Å². The molecular weight excluding hydrogens is 511 g/mol. The van der Waals surface area contributed by atoms with Gasteiger partial charge in [0, 0.05) is 38.3 Å². The number of ether oxygens (including phenoxy) is 2. The van der Waals surface area contributed by atoms with E-state index in [1.165, 1.54) is 0 Å². The van der Waals surface area contributed by atoms with Crippen molar-refractivity contribution in [3.63, 3.8) is 0 Å². The molecule has 2 aromatic rings. The Morgan fingerprint density at radius 3 is 2.46 bits per heavy atom. The minimum Gasteiger partial charge on any atom is -0.496 e. The minimum absolute atomic E-state index is 0.00346. The van der Waals surface area contributed by atoms with Crippen molar-refractivity contribution in [2.24, 2.45) is 22.4 Å². The Morgan fingerprint density at radius 2 is 1.78 bits per heavy atom. The molecule has 0 bridgehead atoms. The average molecular weight is 546 g/mol. The van der Waals surface area contributed by atoms with Crippen molar-refractivity contribution in [1.29, 1.82) is 0 Å². The molecule has 2 atom stereocenters. The van der Waals surface area contributed by atoms with Gasteiger partial charge in [-0.2, -0.15) is 5.10 Å². The van der Waals surface area contributed by atoms with E-state index in [1.54, 1.807) is 26.5 Å². The molecule has 9 heteroatoms. The van der Waals surface area contributed by atoms with Crippen LogP contribution in [0.15, 0.2) is 58.1 Å². The van der Waals surface area contributed by atoms with Crippen LogP contribution < -0.4 is 19.8 Å². The maximum Gasteiger partial charge on any atom is 0.244 e. The monoisotopic (exact) mass is 544 g/mol. The second-order valence-electron chi connectivity index (χ2n) is 10.0. The van der Waals surface area contributed by atoms with Crippen LogP contribution in [-0.4, -0.2) is 57.4 Å². The van der Waals surface area contributed by atoms with Gasteiger partial charge in [-0.1, -0.05) is 49.2 Å². The maximum atomic E-state index is 12.6. The fourth-order valence-corrected chi connectivity index (χ4v) is 5.42. The van der Waals surface area contributed by atoms with Gasteiger partial charge >= 0.3 is 0 Å². The van der Waals surface area contributed by atoms with E-state index < -0.39 is 0 Å². The van der Waals surface area contributed by atoms with Crippen LogP contribution in [0, 0.1) is 17.3 Å². The van der Waals surface area contributed by atoms with Crippen molar-refractivity contribution in [3.05, 3.63) is 64.2 Å². The molecule has 4 rings (SSSR count). The van der Waals surface area contributed by atoms with E-state index in [2.05, 4.69) is 32.5 Å². The fourth-order valence-electron chi connectivity index (χ4n) is 5.15. The molecule has 2 fully saturated rings. The topological polar surface area (TPSA) is 66.4 Å². The van der Waals surface area contributed by atoms with Crippen molar-refractivity contribution in [2.45, 2.75) is 20.4 Å². The summed E-state index contributed by atoms with van der Waals surface area (Å²) in [7, 11) is 3.39. The molecule has 0 radical (unpaired) electrons. The molecule has 1 N–H and O–H groups in total. The van der Waals surface area contributed by atoms with E-state index in [0.717, 1.165) is 61.0 Å². The Kier molecular flexibility index (Phi) is 8.67. The van der Waals surface area contributed by atoms with Crippen molar-refractivity contribution in [3.8, 4) is 11.5 Å². The van der Waals surface area contributed by atoms with Gasteiger partial charge in [0.15, 0.2) is 0 Å². The molecule has 0 unspecified atom stereocenters. The highest BCUT2D eigenvalue weighted by Gasteiger charge is 2.60. The zero-order chi connectivity index (χ0) is 26.6. The van der Waals surface area contributed by atoms with Gasteiger partial charge < -0.3 is 14.4 Å². The van der Waals surface area contributed by atoms with Gasteiger partial charge in [-0.25, -0.2) is 5.43 Å². The molecule has 1 aliphatic carbocycles. The van der Waals surface area contributed by atoms with Crippen molar-refractivity contribution >= 4 is 41.0 Å². The smallest absolute Gasteiger partial charge is 0.244 e. The number of nitrogens with zero attached hydrogens (tertiary/aromatic N) is 3. The summed E-state index contributed by atoms with van der Waals surface area (Å²) in [6.07, 6.45) is 3.39. The van der Waals surface area contributed by atoms with Crippen molar-refractivity contribution < 1.29 is 14.3 Å². The summed E-state index contributed by atoms with van der Waals surface area (Å²) in [5, 5.41) is 4.20. The minimum atomic E-state index is -0.210. The van der Waals surface area contributed by atoms with Crippen LogP contribution in [0.1, 0.15) is 25.0 Å². The highest BCUT2D eigenvalue weighted by molar-refractivity contribution is 6.55. The van der Waals surface area contributed by atoms with Crippen molar-refractivity contribution in [2.75, 3.05) is 45.3 Å². The number of carbonyl (C=O) groups excluding carboxylic acids is 1. The number of benzene rings is 2. The van der Waals surface area contributed by atoms with Gasteiger partial charge in [0.25, 0.3) is 0 Å². The number of methoxy groups -OCH3 is 2. The Balaban J connectivity index is 1.35. The van der Waals surface area contributed by atoms with E-state index >= 15 is 0 Å². The summed E-state index contributed by atoms with van der Waals surface area (Å²) in [4.78, 5) is 17.4. The molecule has 1 saturated carbocycles. The third kappa shape index (κ3) is 6.40. The summed E-state index contributed by atoms with van der Waals surface area (Å²) in [5.74, 6) is 1.39. The van der Waals surface area contributed by atoms with Crippen molar-refractivity contribution in [1.82, 2.24) is 10.3 Å². The molecule has 1 aliphatic heterocycles. The average Bonchev–Trinajstić information content (AvgIpc) is 3.43. The maximum absolute atomic E-state index is 12.6. The number of piperazine rings is 1. The van der Waals surface area contributed by atoms with Gasteiger partial charge in [0.2, 0.25) is 5.91 Å². The molecule has 198 valence electrons. The quantitative estimate of drug-likeness (QED) is 0.352. The number of hydrazone groups is 1. The molecule has 2 aliphatic rings. The molecule has 0 aromatic heterocycles. The SMILES string of the molecule is COc1ccc(C=NNC(=O)[C@@H]2[C@@H](C=C(Cl)Cl)C2(C)C)cc1CN1CCN(c2ccccc2OC)CC1. The lowest BCUT2D eigenvalue weighted by Gasteiger charge is -2.36. The first kappa shape index (κ1) is 27.3. The van der Waals surface area contributed by atoms with Gasteiger partial charge in [-0.3, -0.25) is 9.69 Å². The normalized spacial score (nSPS) is 21.0. The number of anilines is 1. The fraction of sp³-hybridized carbons (Fsp3) is 0.429. The summed E-state index contributed by atoms with van der Waals surface area (Å²) >= 11 is 11.6. The van der Waals surface area contributed by atoms with E-state index in [1.807, 2.05) is 44.2 Å². The molecule has 7 nitrogen and oxygen atoms in total. The molecule has 2 aromatic carbocycles. The zero-order valence-corrected chi connectivity index (χ0v) is 23.2. The van der Waals surface area contributed by atoms with E-state index in [9.17, 15) is 4.79 Å². The molecule has 1 saturated heterocycles. The highest BCUT2D eigenvalue weighted by atomic mass is 35.5. The number of carbonyl (C=O) groups is 1. The van der Waals surface area contributed by atoms with Crippen LogP contribution >= 0.6 is 23.2 Å². The summed E-state index contributed by atoms with van der Waals surface area (Å²) in [6, 6.07) is 14.1. The number of para-hydroxylation sites is 2. The highest BCUT2D eigenvalue weighted by Crippen LogP contribution is 2.59. The third-order valence-corrected chi connectivity index (χ3v) is 7.64. The lowest BCUT2D eigenvalue weighted by Crippen LogP contribution is -2.46. The first-order valence-corrected chi connectivity index (χ1v) is 13.1. The van der Waals surface area contributed by atoms with Crippen LogP contribution in [0.5, 0.6) is 11.5 Å². The predicted molar refractivity (Wildman–Crippen MR) is 150 cm³/mol. The van der Waals surface area contributed by atoms with Crippen LogP contribution in [0.4, 0.5) is 5.69 Å². The molecule has 1 heterocycles. The zero-order valence-electron chi connectivity index (χ0n) is 21.7. The van der Waals surface area contributed by atoms with Crippen LogP contribution in [0.3, 0.4) is 0 Å². The number of allylic oxidation sites excluding steroid dienone is 1. The molecular formula is C28H34Cl2N4O3. The van der Waals surface area contributed by atoms with Gasteiger partial charge in [-0.15, -0.1) is 0 Å². The van der Waals surface area contributed by atoms with Gasteiger partial charge in [0.1, 0.15) is 16.0 Å². The van der Waals surface area contributed by atoms with Gasteiger partial charge in [-0.05, 0) is 53.3 Å². The van der Waals surface area contributed by atoms with E-state index in [0.29, 0.717) is 0 Å². The number of amides is 1. The standard InChI is InChI=1S/C28H34Cl2N4O3/c1-28(2)21(16-25(29)30)26(28)27(35)32-31-17-19-9-10-23(36-3)20(15-19)18-33-11-13-34(14-12-33)22-7-5-6-8-24(22)37-4/h5-10,15-17,21,26H,11-14,18H2,1-4H3,(H,32,35)/t21-,26+/m1/s1. The van der Waals surface area contributed by atoms with Gasteiger partial charge in [0.05, 0.1) is 32.0 Å². The van der Waals surface area contributed by atoms with E-state index in [4.69, 9.17) is 32.7 Å². The number of nitrogens with one attached hydrogen (secondary N) is 1. The second-order valence-corrected chi connectivity index (χ2v) is 11.0. The number of rotatable bonds is 9. The summed E-state index contributed by atoms with van der Waals surface area (Å²) in [6.45, 7) is 8.48. The Labute approximate surface area is 229 Å². The Morgan fingerprint density at radius 1 is 1.08 bits per heavy atom. The van der Waals surface area contributed by atoms with Crippen LogP contribution in [0.2, 0.25) is 0 Å². The molecule has 37 heavy (non-hydrogen) atoms. The lowest BCUT2D eigenvalue weighted by molar-refractivity contribution is -0.123. The number of hydrogen-bond acceptors (Lipinski definition) is 6. The first-order chi connectivity index (χ1) is 17.7. The predicted octanol–water partition coefficient (Wildman–Crippen LogP) is 5.07. The largest absolute Gasteiger partial charge is 0.496 e. The summed E-state index contributed by atoms with van der Waals surface area (Å²) < 4.78 is 11.3.